The molecule has 1 aromatic carbocycles. The largest absolute Gasteiger partial charge is 0.299 e. The van der Waals surface area contributed by atoms with Crippen LogP contribution >= 0.6 is 0 Å². The number of hydrogen-bond acceptors (Lipinski definition) is 2. The van der Waals surface area contributed by atoms with Crippen LogP contribution in [0.2, 0.25) is 0 Å². The lowest BCUT2D eigenvalue weighted by Crippen LogP contribution is -2.46. The summed E-state index contributed by atoms with van der Waals surface area (Å²) >= 11 is 0. The molecule has 118 valence electrons. The predicted molar refractivity (Wildman–Crippen MR) is 89.8 cm³/mol. The van der Waals surface area contributed by atoms with Crippen LogP contribution in [-0.2, 0) is 4.79 Å². The van der Waals surface area contributed by atoms with Gasteiger partial charge in [0.2, 0.25) is 0 Å². The molecule has 1 aliphatic carbocycles. The van der Waals surface area contributed by atoms with Gasteiger partial charge in [-0.05, 0) is 38.0 Å². The third-order valence-electron chi connectivity index (χ3n) is 4.99. The first-order valence-corrected chi connectivity index (χ1v) is 8.09. The zero-order valence-corrected chi connectivity index (χ0v) is 14.1. The first-order valence-electron chi connectivity index (χ1n) is 8.09. The van der Waals surface area contributed by atoms with Crippen molar-refractivity contribution in [2.75, 3.05) is 0 Å². The number of Topliss-reactive ketones (excluding diaryl/α,β-unsaturated/α-hetero) is 2. The fourth-order valence-corrected chi connectivity index (χ4v) is 3.54. The summed E-state index contributed by atoms with van der Waals surface area (Å²) in [6.45, 7) is 8.35. The zero-order chi connectivity index (χ0) is 16.3. The van der Waals surface area contributed by atoms with Crippen molar-refractivity contribution in [3.8, 4) is 0 Å². The molecule has 0 bridgehead atoms. The molecule has 2 nitrogen and oxygen atoms in total. The summed E-state index contributed by atoms with van der Waals surface area (Å²) in [6, 6.07) is 9.22. The summed E-state index contributed by atoms with van der Waals surface area (Å²) in [4.78, 5) is 25.3. The van der Waals surface area contributed by atoms with Crippen LogP contribution in [0.3, 0.4) is 0 Å². The van der Waals surface area contributed by atoms with Crippen LogP contribution in [0.5, 0.6) is 0 Å². The molecule has 2 atom stereocenters. The molecule has 1 saturated carbocycles. The summed E-state index contributed by atoms with van der Waals surface area (Å²) < 4.78 is 0. The first kappa shape index (κ1) is 16.7. The molecule has 2 rings (SSSR count). The van der Waals surface area contributed by atoms with E-state index in [1.807, 2.05) is 30.3 Å². The number of allylic oxidation sites excluding steroid dienone is 2. The number of benzene rings is 1. The van der Waals surface area contributed by atoms with Crippen LogP contribution in [-0.4, -0.2) is 11.6 Å². The highest BCUT2D eigenvalue weighted by Gasteiger charge is 2.48. The van der Waals surface area contributed by atoms with Crippen molar-refractivity contribution in [2.24, 2.45) is 17.3 Å². The molecule has 0 radical (unpaired) electrons. The minimum absolute atomic E-state index is 0.0162. The number of rotatable bonds is 4. The number of hydrogen-bond donors (Lipinski definition) is 0. The molecule has 0 N–H and O–H groups in total. The van der Waals surface area contributed by atoms with Gasteiger partial charge in [0.1, 0.15) is 5.78 Å². The second-order valence-corrected chi connectivity index (χ2v) is 7.20. The summed E-state index contributed by atoms with van der Waals surface area (Å²) in [5, 5.41) is 0. The van der Waals surface area contributed by atoms with Gasteiger partial charge in [-0.2, -0.15) is 0 Å². The maximum Gasteiger partial charge on any atom is 0.173 e. The first-order chi connectivity index (χ1) is 10.3. The van der Waals surface area contributed by atoms with Crippen molar-refractivity contribution in [2.45, 2.75) is 47.0 Å². The Labute approximate surface area is 133 Å². The number of carbonyl (C=O) groups excluding carboxylic acids is 2. The molecule has 0 heterocycles. The van der Waals surface area contributed by atoms with Gasteiger partial charge in [0.05, 0.1) is 5.92 Å². The quantitative estimate of drug-likeness (QED) is 0.452. The van der Waals surface area contributed by atoms with Crippen molar-refractivity contribution >= 4 is 11.6 Å². The molecule has 0 saturated heterocycles. The van der Waals surface area contributed by atoms with Crippen molar-refractivity contribution in [1.82, 2.24) is 0 Å². The second kappa shape index (κ2) is 6.60. The second-order valence-electron chi connectivity index (χ2n) is 7.20. The molecule has 0 amide bonds. The Morgan fingerprint density at radius 1 is 1.23 bits per heavy atom. The normalized spacial score (nSPS) is 23.9. The Balaban J connectivity index is 2.29. The molecule has 1 fully saturated rings. The number of ketones is 2. The molecular formula is C20H26O2. The van der Waals surface area contributed by atoms with E-state index in [1.165, 1.54) is 5.57 Å². The van der Waals surface area contributed by atoms with E-state index >= 15 is 0 Å². The van der Waals surface area contributed by atoms with Crippen LogP contribution in [0.1, 0.15) is 57.3 Å². The van der Waals surface area contributed by atoms with E-state index in [1.54, 1.807) is 0 Å². The van der Waals surface area contributed by atoms with E-state index in [-0.39, 0.29) is 17.0 Å². The van der Waals surface area contributed by atoms with Crippen molar-refractivity contribution in [3.05, 3.63) is 47.5 Å². The Morgan fingerprint density at radius 3 is 2.45 bits per heavy atom. The third kappa shape index (κ3) is 3.37. The molecule has 1 aliphatic rings. The van der Waals surface area contributed by atoms with Crippen LogP contribution < -0.4 is 0 Å². The molecule has 0 aromatic heterocycles. The zero-order valence-electron chi connectivity index (χ0n) is 14.1. The van der Waals surface area contributed by atoms with E-state index in [0.717, 1.165) is 12.8 Å². The average Bonchev–Trinajstić information content (AvgIpc) is 2.46. The van der Waals surface area contributed by atoms with E-state index in [2.05, 4.69) is 33.8 Å². The Hall–Kier alpha value is -1.70. The fraction of sp³-hybridized carbons (Fsp3) is 0.500. The monoisotopic (exact) mass is 298 g/mol. The van der Waals surface area contributed by atoms with Gasteiger partial charge in [0, 0.05) is 12.0 Å². The van der Waals surface area contributed by atoms with Crippen molar-refractivity contribution < 1.29 is 9.59 Å². The van der Waals surface area contributed by atoms with Crippen LogP contribution in [0.4, 0.5) is 0 Å². The van der Waals surface area contributed by atoms with Gasteiger partial charge in [0.25, 0.3) is 0 Å². The van der Waals surface area contributed by atoms with Gasteiger partial charge in [-0.1, -0.05) is 55.8 Å². The maximum atomic E-state index is 12.9. The summed E-state index contributed by atoms with van der Waals surface area (Å²) in [5.41, 5.74) is 1.64. The topological polar surface area (TPSA) is 34.1 Å². The highest BCUT2D eigenvalue weighted by Crippen LogP contribution is 2.46. The van der Waals surface area contributed by atoms with Crippen LogP contribution in [0.15, 0.2) is 42.0 Å². The summed E-state index contributed by atoms with van der Waals surface area (Å²) in [6.07, 6.45) is 4.58. The lowest BCUT2D eigenvalue weighted by Gasteiger charge is -2.43. The van der Waals surface area contributed by atoms with Gasteiger partial charge in [-0.3, -0.25) is 9.59 Å². The summed E-state index contributed by atoms with van der Waals surface area (Å²) in [5.74, 6) is -0.0539. The van der Waals surface area contributed by atoms with Gasteiger partial charge >= 0.3 is 0 Å². The lowest BCUT2D eigenvalue weighted by molar-refractivity contribution is -0.129. The van der Waals surface area contributed by atoms with Gasteiger partial charge in [-0.25, -0.2) is 0 Å². The van der Waals surface area contributed by atoms with Gasteiger partial charge in [0.15, 0.2) is 5.78 Å². The fourth-order valence-electron chi connectivity index (χ4n) is 3.54. The standard InChI is InChI=1S/C20H26O2/c1-14(2)10-11-16-12-13-17(21)18(20(16,3)4)19(22)15-8-6-5-7-9-15/h5-10,16,18H,11-13H2,1-4H3/t16-,18+/m0/s1. The van der Waals surface area contributed by atoms with Crippen molar-refractivity contribution in [3.63, 3.8) is 0 Å². The third-order valence-corrected chi connectivity index (χ3v) is 4.99. The van der Waals surface area contributed by atoms with E-state index in [9.17, 15) is 9.59 Å². The Bertz CT molecular complexity index is 577. The molecule has 0 unspecified atom stereocenters. The average molecular weight is 298 g/mol. The highest BCUT2D eigenvalue weighted by atomic mass is 16.2. The Kier molecular flexibility index (Phi) is 5.00. The van der Waals surface area contributed by atoms with E-state index in [0.29, 0.717) is 17.9 Å². The van der Waals surface area contributed by atoms with Gasteiger partial charge in [-0.15, -0.1) is 0 Å². The molecular weight excluding hydrogens is 272 g/mol. The molecule has 22 heavy (non-hydrogen) atoms. The molecule has 2 heteroatoms. The highest BCUT2D eigenvalue weighted by molar-refractivity contribution is 6.11. The molecule has 1 aromatic rings. The molecule has 0 spiro atoms. The minimum Gasteiger partial charge on any atom is -0.299 e. The predicted octanol–water partition coefficient (Wildman–Crippen LogP) is 4.85. The van der Waals surface area contributed by atoms with Crippen LogP contribution in [0.25, 0.3) is 0 Å². The Morgan fingerprint density at radius 2 is 1.86 bits per heavy atom. The van der Waals surface area contributed by atoms with Crippen LogP contribution in [0, 0.1) is 17.3 Å². The van der Waals surface area contributed by atoms with E-state index in [4.69, 9.17) is 0 Å². The van der Waals surface area contributed by atoms with Gasteiger partial charge < -0.3 is 0 Å². The summed E-state index contributed by atoms with van der Waals surface area (Å²) in [7, 11) is 0. The lowest BCUT2D eigenvalue weighted by atomic mass is 9.59. The maximum absolute atomic E-state index is 12.9. The molecule has 0 aliphatic heterocycles. The van der Waals surface area contributed by atoms with Crippen molar-refractivity contribution in [1.29, 1.82) is 0 Å². The number of carbonyl (C=O) groups is 2. The van der Waals surface area contributed by atoms with E-state index < -0.39 is 5.92 Å². The minimum atomic E-state index is -0.515. The SMILES string of the molecule is CC(C)=CC[C@H]1CCC(=O)[C@H](C(=O)c2ccccc2)C1(C)C. The smallest absolute Gasteiger partial charge is 0.173 e.